The van der Waals surface area contributed by atoms with Gasteiger partial charge in [-0.1, -0.05) is 60.7 Å². The van der Waals surface area contributed by atoms with Gasteiger partial charge in [-0.2, -0.15) is 0 Å². The number of hydrogen-bond donors (Lipinski definition) is 0. The lowest BCUT2D eigenvalue weighted by Crippen LogP contribution is -2.20. The lowest BCUT2D eigenvalue weighted by molar-refractivity contribution is -0.139. The van der Waals surface area contributed by atoms with Crippen molar-refractivity contribution in [1.82, 2.24) is 4.90 Å². The van der Waals surface area contributed by atoms with Crippen molar-refractivity contribution in [1.29, 1.82) is 0 Å². The van der Waals surface area contributed by atoms with Crippen LogP contribution < -0.4 is 0 Å². The third-order valence-electron chi connectivity index (χ3n) is 4.81. The first-order valence-electron chi connectivity index (χ1n) is 8.31. The number of nitrogens with zero attached hydrogens (tertiary/aromatic N) is 1. The molecule has 0 N–H and O–H groups in total. The van der Waals surface area contributed by atoms with Gasteiger partial charge >= 0.3 is 11.9 Å². The van der Waals surface area contributed by atoms with Crippen LogP contribution in [0.5, 0.6) is 0 Å². The van der Waals surface area contributed by atoms with Crippen molar-refractivity contribution in [2.45, 2.75) is 18.5 Å². The van der Waals surface area contributed by atoms with Crippen molar-refractivity contribution >= 4 is 11.9 Å². The first kappa shape index (κ1) is 17.7. The summed E-state index contributed by atoms with van der Waals surface area (Å²) in [5, 5.41) is 0. The van der Waals surface area contributed by atoms with Crippen molar-refractivity contribution < 1.29 is 19.1 Å². The SMILES string of the molecule is COC(=O)/C=C(/C(=O)OC)N1[C@H](c2ccccc2)[C@]1(C)c1ccccc1. The second kappa shape index (κ2) is 7.04. The van der Waals surface area contributed by atoms with E-state index in [2.05, 4.69) is 0 Å². The van der Waals surface area contributed by atoms with Crippen LogP contribution >= 0.6 is 0 Å². The second-order valence-electron chi connectivity index (χ2n) is 6.24. The molecule has 5 heteroatoms. The molecule has 0 aliphatic carbocycles. The summed E-state index contributed by atoms with van der Waals surface area (Å²) in [6.07, 6.45) is 1.19. The molecule has 0 saturated carbocycles. The lowest BCUT2D eigenvalue weighted by atomic mass is 9.93. The van der Waals surface area contributed by atoms with Gasteiger partial charge in [-0.25, -0.2) is 9.59 Å². The lowest BCUT2D eigenvalue weighted by Gasteiger charge is -2.15. The number of rotatable bonds is 5. The highest BCUT2D eigenvalue weighted by atomic mass is 16.5. The fourth-order valence-electron chi connectivity index (χ4n) is 3.46. The van der Waals surface area contributed by atoms with Gasteiger partial charge in [0, 0.05) is 0 Å². The highest BCUT2D eigenvalue weighted by Crippen LogP contribution is 2.62. The summed E-state index contributed by atoms with van der Waals surface area (Å²) < 4.78 is 9.63. The van der Waals surface area contributed by atoms with Gasteiger partial charge < -0.3 is 14.4 Å². The molecular formula is C21H21NO4. The summed E-state index contributed by atoms with van der Waals surface area (Å²) in [6.45, 7) is 2.05. The van der Waals surface area contributed by atoms with Crippen LogP contribution in [0, 0.1) is 0 Å². The van der Waals surface area contributed by atoms with E-state index in [0.717, 1.165) is 11.1 Å². The Morgan fingerprint density at radius 3 is 2.08 bits per heavy atom. The summed E-state index contributed by atoms with van der Waals surface area (Å²) in [7, 11) is 2.58. The highest BCUT2D eigenvalue weighted by Gasteiger charge is 2.63. The Balaban J connectivity index is 2.11. The normalized spacial score (nSPS) is 21.9. The first-order chi connectivity index (χ1) is 12.5. The summed E-state index contributed by atoms with van der Waals surface area (Å²) in [5.41, 5.74) is 1.81. The van der Waals surface area contributed by atoms with E-state index in [1.807, 2.05) is 72.5 Å². The van der Waals surface area contributed by atoms with E-state index >= 15 is 0 Å². The number of esters is 2. The van der Waals surface area contributed by atoms with Gasteiger partial charge in [0.1, 0.15) is 5.70 Å². The molecule has 134 valence electrons. The summed E-state index contributed by atoms with van der Waals surface area (Å²) >= 11 is 0. The van der Waals surface area contributed by atoms with E-state index in [1.54, 1.807) is 0 Å². The highest BCUT2D eigenvalue weighted by molar-refractivity contribution is 5.96. The standard InChI is InChI=1S/C21H21NO4/c1-21(16-12-8-5-9-13-16)19(15-10-6-4-7-11-15)22(21)17(20(24)26-3)14-18(23)25-2/h4-14,19H,1-3H3/b17-14-/t19-,21+,22?/m1/s1. The zero-order valence-electron chi connectivity index (χ0n) is 15.0. The number of methoxy groups -OCH3 is 2. The predicted octanol–water partition coefficient (Wildman–Crippen LogP) is 3.19. The Morgan fingerprint density at radius 2 is 1.54 bits per heavy atom. The average Bonchev–Trinajstić information content (AvgIpc) is 3.33. The van der Waals surface area contributed by atoms with Crippen molar-refractivity contribution in [2.75, 3.05) is 14.2 Å². The molecule has 26 heavy (non-hydrogen) atoms. The minimum Gasteiger partial charge on any atom is -0.466 e. The number of carbonyl (C=O) groups is 2. The maximum Gasteiger partial charge on any atom is 0.354 e. The number of hydrogen-bond acceptors (Lipinski definition) is 5. The topological polar surface area (TPSA) is 55.6 Å². The van der Waals surface area contributed by atoms with Gasteiger partial charge in [0.15, 0.2) is 0 Å². The zero-order chi connectivity index (χ0) is 18.7. The molecule has 5 nitrogen and oxygen atoms in total. The van der Waals surface area contributed by atoms with Gasteiger partial charge in [-0.3, -0.25) is 0 Å². The van der Waals surface area contributed by atoms with Crippen molar-refractivity contribution in [2.24, 2.45) is 0 Å². The van der Waals surface area contributed by atoms with Gasteiger partial charge in [-0.05, 0) is 18.1 Å². The Kier molecular flexibility index (Phi) is 4.80. The van der Waals surface area contributed by atoms with Crippen LogP contribution in [0.1, 0.15) is 24.1 Å². The summed E-state index contributed by atoms with van der Waals surface area (Å²) in [6, 6.07) is 19.7. The van der Waals surface area contributed by atoms with Gasteiger partial charge in [0.2, 0.25) is 0 Å². The monoisotopic (exact) mass is 351 g/mol. The molecule has 1 aliphatic heterocycles. The second-order valence-corrected chi connectivity index (χ2v) is 6.24. The predicted molar refractivity (Wildman–Crippen MR) is 96.9 cm³/mol. The van der Waals surface area contributed by atoms with Crippen molar-refractivity contribution in [3.05, 3.63) is 83.6 Å². The molecule has 1 heterocycles. The van der Waals surface area contributed by atoms with E-state index in [9.17, 15) is 9.59 Å². The molecule has 2 aromatic carbocycles. The molecule has 2 atom stereocenters. The van der Waals surface area contributed by atoms with E-state index in [4.69, 9.17) is 9.47 Å². The van der Waals surface area contributed by atoms with Crippen LogP contribution in [0.15, 0.2) is 72.4 Å². The van der Waals surface area contributed by atoms with Crippen LogP contribution in [0.3, 0.4) is 0 Å². The molecule has 0 amide bonds. The van der Waals surface area contributed by atoms with E-state index in [0.29, 0.717) is 0 Å². The molecule has 1 saturated heterocycles. The molecule has 0 bridgehead atoms. The van der Waals surface area contributed by atoms with Crippen LogP contribution in [0.4, 0.5) is 0 Å². The fourth-order valence-corrected chi connectivity index (χ4v) is 3.46. The van der Waals surface area contributed by atoms with Gasteiger partial charge in [0.05, 0.1) is 31.9 Å². The van der Waals surface area contributed by atoms with E-state index < -0.39 is 17.5 Å². The van der Waals surface area contributed by atoms with Crippen molar-refractivity contribution in [3.63, 3.8) is 0 Å². The number of benzene rings is 2. The fraction of sp³-hybridized carbons (Fsp3) is 0.238. The summed E-state index contributed by atoms with van der Waals surface area (Å²) in [5.74, 6) is -1.17. The molecule has 2 aromatic rings. The maximum absolute atomic E-state index is 12.4. The van der Waals surface area contributed by atoms with Crippen LogP contribution in [0.2, 0.25) is 0 Å². The van der Waals surface area contributed by atoms with Crippen molar-refractivity contribution in [3.8, 4) is 0 Å². The molecule has 1 fully saturated rings. The zero-order valence-corrected chi connectivity index (χ0v) is 15.0. The Bertz CT molecular complexity index is 832. The third kappa shape index (κ3) is 2.96. The van der Waals surface area contributed by atoms with Crippen LogP contribution in [-0.2, 0) is 24.6 Å². The minimum absolute atomic E-state index is 0.0962. The van der Waals surface area contributed by atoms with Gasteiger partial charge in [0.25, 0.3) is 0 Å². The Morgan fingerprint density at radius 1 is 0.962 bits per heavy atom. The largest absolute Gasteiger partial charge is 0.466 e. The Labute approximate surface area is 152 Å². The molecule has 3 rings (SSSR count). The quantitative estimate of drug-likeness (QED) is 0.470. The Hall–Kier alpha value is -3.08. The summed E-state index contributed by atoms with van der Waals surface area (Å²) in [4.78, 5) is 26.1. The molecule has 0 radical (unpaired) electrons. The van der Waals surface area contributed by atoms with Gasteiger partial charge in [-0.15, -0.1) is 0 Å². The molecule has 0 spiro atoms. The first-order valence-corrected chi connectivity index (χ1v) is 8.31. The van der Waals surface area contributed by atoms with Crippen LogP contribution in [-0.4, -0.2) is 31.1 Å². The maximum atomic E-state index is 12.4. The smallest absolute Gasteiger partial charge is 0.354 e. The molecular weight excluding hydrogens is 330 g/mol. The number of ether oxygens (including phenoxy) is 2. The minimum atomic E-state index is -0.598. The number of carbonyl (C=O) groups excluding carboxylic acids is 2. The molecule has 0 aromatic heterocycles. The van der Waals surface area contributed by atoms with Crippen LogP contribution in [0.25, 0.3) is 0 Å². The molecule has 0 unspecified atom stereocenters. The van der Waals surface area contributed by atoms with E-state index in [-0.39, 0.29) is 11.7 Å². The molecule has 1 aliphatic rings. The third-order valence-corrected chi connectivity index (χ3v) is 4.81. The van der Waals surface area contributed by atoms with E-state index in [1.165, 1.54) is 20.3 Å². The average molecular weight is 351 g/mol.